The fourth-order valence-electron chi connectivity index (χ4n) is 3.22. The molecule has 0 bridgehead atoms. The lowest BCUT2D eigenvalue weighted by Gasteiger charge is -2.14. The molecule has 2 heterocycles. The molecule has 0 spiro atoms. The number of nitrogens with two attached hydrogens (primary N) is 1. The lowest BCUT2D eigenvalue weighted by molar-refractivity contribution is -0.113. The van der Waals surface area contributed by atoms with E-state index in [4.69, 9.17) is 10.8 Å². The normalized spacial score (nSPS) is 11.4. The number of rotatable bonds is 6. The fourth-order valence-corrected chi connectivity index (χ4v) is 4.16. The molecule has 0 unspecified atom stereocenters. The minimum absolute atomic E-state index is 0.0834. The predicted molar refractivity (Wildman–Crippen MR) is 129 cm³/mol. The van der Waals surface area contributed by atoms with Gasteiger partial charge < -0.3 is 11.1 Å². The molecular formula is C24H29N5O2S. The summed E-state index contributed by atoms with van der Waals surface area (Å²) in [5.74, 6) is -0.0928. The molecule has 0 saturated heterocycles. The molecule has 32 heavy (non-hydrogen) atoms. The van der Waals surface area contributed by atoms with Gasteiger partial charge in [-0.05, 0) is 44.0 Å². The van der Waals surface area contributed by atoms with Gasteiger partial charge in [0.2, 0.25) is 5.91 Å². The third-order valence-corrected chi connectivity index (χ3v) is 6.27. The topological polar surface area (TPSA) is 103 Å². The first-order valence-corrected chi connectivity index (χ1v) is 11.3. The van der Waals surface area contributed by atoms with E-state index < -0.39 is 5.91 Å². The number of primary amides is 1. The molecule has 2 aromatic heterocycles. The molecule has 1 aromatic carbocycles. The third-order valence-electron chi connectivity index (χ3n) is 5.30. The lowest BCUT2D eigenvalue weighted by atomic mass is 9.92. The number of aryl methyl sites for hydroxylation is 1. The minimum atomic E-state index is -0.544. The highest BCUT2D eigenvalue weighted by Crippen LogP contribution is 2.28. The van der Waals surface area contributed by atoms with Crippen LogP contribution in [0, 0.1) is 20.8 Å². The Morgan fingerprint density at radius 1 is 1.09 bits per heavy atom. The Hall–Kier alpha value is -3.13. The van der Waals surface area contributed by atoms with Crippen LogP contribution in [0.1, 0.15) is 53.6 Å². The van der Waals surface area contributed by atoms with E-state index in [0.29, 0.717) is 16.4 Å². The van der Waals surface area contributed by atoms with E-state index in [1.54, 1.807) is 4.68 Å². The smallest absolute Gasteiger partial charge is 0.251 e. The minimum Gasteiger partial charge on any atom is -0.366 e. The van der Waals surface area contributed by atoms with Crippen LogP contribution in [0.3, 0.4) is 0 Å². The Morgan fingerprint density at radius 2 is 1.75 bits per heavy atom. The monoisotopic (exact) mass is 451 g/mol. The lowest BCUT2D eigenvalue weighted by Crippen LogP contribution is -2.19. The summed E-state index contributed by atoms with van der Waals surface area (Å²) in [5, 5.41) is 8.15. The van der Waals surface area contributed by atoms with E-state index in [1.807, 2.05) is 57.2 Å². The summed E-state index contributed by atoms with van der Waals surface area (Å²) < 4.78 is 1.73. The summed E-state index contributed by atoms with van der Waals surface area (Å²) in [6.07, 6.45) is 0. The molecule has 0 aliphatic rings. The number of carbonyl (C=O) groups is 2. The van der Waals surface area contributed by atoms with Gasteiger partial charge in [0, 0.05) is 17.2 Å². The average molecular weight is 452 g/mol. The zero-order valence-corrected chi connectivity index (χ0v) is 20.1. The first-order chi connectivity index (χ1) is 15.0. The summed E-state index contributed by atoms with van der Waals surface area (Å²) in [6.45, 7) is 11.9. The SMILES string of the molecule is Cc1nc(SCC(=O)Nc2cc(C(C)(C)C)nn2-c2ccccc2)c(C(N)=O)c(C)c1C. The molecule has 0 atom stereocenters. The molecular weight excluding hydrogens is 422 g/mol. The van der Waals surface area contributed by atoms with Crippen molar-refractivity contribution < 1.29 is 9.59 Å². The number of hydrogen-bond donors (Lipinski definition) is 2. The molecule has 0 aliphatic carbocycles. The quantitative estimate of drug-likeness (QED) is 0.543. The van der Waals surface area contributed by atoms with Crippen LogP contribution in [-0.2, 0) is 10.2 Å². The van der Waals surface area contributed by atoms with E-state index in [-0.39, 0.29) is 17.1 Å². The Labute approximate surface area is 192 Å². The summed E-state index contributed by atoms with van der Waals surface area (Å²) in [4.78, 5) is 29.3. The van der Waals surface area contributed by atoms with Crippen LogP contribution in [0.15, 0.2) is 41.4 Å². The number of anilines is 1. The van der Waals surface area contributed by atoms with Gasteiger partial charge in [-0.15, -0.1) is 0 Å². The van der Waals surface area contributed by atoms with Crippen molar-refractivity contribution in [1.29, 1.82) is 0 Å². The standard InChI is InChI=1S/C24H29N5O2S/c1-14-15(2)21(22(25)31)23(26-16(14)3)32-13-20(30)27-19-12-18(24(4,5)6)28-29(19)17-10-8-7-9-11-17/h7-12H,13H2,1-6H3,(H2,25,31)(H,27,30). The van der Waals surface area contributed by atoms with Gasteiger partial charge in [-0.2, -0.15) is 5.10 Å². The number of pyridine rings is 1. The largest absolute Gasteiger partial charge is 0.366 e. The number of para-hydroxylation sites is 1. The Kier molecular flexibility index (Phi) is 6.74. The van der Waals surface area contributed by atoms with Crippen molar-refractivity contribution in [3.05, 3.63) is 64.5 Å². The summed E-state index contributed by atoms with van der Waals surface area (Å²) >= 11 is 1.20. The van der Waals surface area contributed by atoms with Crippen molar-refractivity contribution in [2.75, 3.05) is 11.1 Å². The number of benzene rings is 1. The summed E-state index contributed by atoms with van der Waals surface area (Å²) in [5.41, 5.74) is 10.0. The van der Waals surface area contributed by atoms with Crippen LogP contribution < -0.4 is 11.1 Å². The first-order valence-electron chi connectivity index (χ1n) is 10.3. The highest BCUT2D eigenvalue weighted by atomic mass is 32.2. The van der Waals surface area contributed by atoms with Crippen LogP contribution in [-0.4, -0.2) is 32.3 Å². The van der Waals surface area contributed by atoms with Crippen LogP contribution in [0.4, 0.5) is 5.82 Å². The molecule has 0 fully saturated rings. The number of carbonyl (C=O) groups excluding carboxylic acids is 2. The molecule has 168 valence electrons. The van der Waals surface area contributed by atoms with Crippen molar-refractivity contribution in [1.82, 2.24) is 14.8 Å². The number of aromatic nitrogens is 3. The highest BCUT2D eigenvalue weighted by Gasteiger charge is 2.22. The van der Waals surface area contributed by atoms with Crippen molar-refractivity contribution in [2.45, 2.75) is 52.0 Å². The molecule has 2 amide bonds. The van der Waals surface area contributed by atoms with E-state index in [2.05, 4.69) is 31.1 Å². The van der Waals surface area contributed by atoms with Crippen molar-refractivity contribution in [3.63, 3.8) is 0 Å². The molecule has 0 radical (unpaired) electrons. The molecule has 3 aromatic rings. The van der Waals surface area contributed by atoms with Gasteiger partial charge in [0.1, 0.15) is 10.8 Å². The first kappa shape index (κ1) is 23.5. The van der Waals surface area contributed by atoms with E-state index >= 15 is 0 Å². The van der Waals surface area contributed by atoms with Gasteiger partial charge in [-0.1, -0.05) is 50.7 Å². The van der Waals surface area contributed by atoms with Crippen molar-refractivity contribution in [2.24, 2.45) is 5.73 Å². The van der Waals surface area contributed by atoms with E-state index in [1.165, 1.54) is 11.8 Å². The maximum atomic E-state index is 12.8. The molecule has 3 N–H and O–H groups in total. The van der Waals surface area contributed by atoms with Crippen LogP contribution in [0.25, 0.3) is 5.69 Å². The van der Waals surface area contributed by atoms with Gasteiger partial charge in [0.25, 0.3) is 5.91 Å². The third kappa shape index (κ3) is 5.02. The average Bonchev–Trinajstić information content (AvgIpc) is 3.15. The van der Waals surface area contributed by atoms with Gasteiger partial charge in [0.05, 0.1) is 22.7 Å². The molecule has 0 saturated carbocycles. The Balaban J connectivity index is 1.85. The molecule has 0 aliphatic heterocycles. The summed E-state index contributed by atoms with van der Waals surface area (Å²) in [7, 11) is 0. The van der Waals surface area contributed by atoms with E-state index in [0.717, 1.165) is 28.2 Å². The van der Waals surface area contributed by atoms with Gasteiger partial charge in [0.15, 0.2) is 0 Å². The van der Waals surface area contributed by atoms with Crippen molar-refractivity contribution >= 4 is 29.4 Å². The van der Waals surface area contributed by atoms with Crippen LogP contribution in [0.5, 0.6) is 0 Å². The maximum Gasteiger partial charge on any atom is 0.251 e. The molecule has 7 nitrogen and oxygen atoms in total. The maximum absolute atomic E-state index is 12.8. The number of amides is 2. The number of nitrogens with one attached hydrogen (secondary N) is 1. The Bertz CT molecular complexity index is 1160. The zero-order chi connectivity index (χ0) is 23.6. The van der Waals surface area contributed by atoms with Crippen LogP contribution in [0.2, 0.25) is 0 Å². The zero-order valence-electron chi connectivity index (χ0n) is 19.3. The highest BCUT2D eigenvalue weighted by molar-refractivity contribution is 8.00. The second kappa shape index (κ2) is 9.16. The number of thioether (sulfide) groups is 1. The summed E-state index contributed by atoms with van der Waals surface area (Å²) in [6, 6.07) is 11.5. The van der Waals surface area contributed by atoms with Gasteiger partial charge in [-0.25, -0.2) is 9.67 Å². The van der Waals surface area contributed by atoms with Crippen molar-refractivity contribution in [3.8, 4) is 5.69 Å². The molecule has 8 heteroatoms. The second-order valence-corrected chi connectivity index (χ2v) is 9.70. The Morgan fingerprint density at radius 3 is 2.34 bits per heavy atom. The number of hydrogen-bond acceptors (Lipinski definition) is 5. The van der Waals surface area contributed by atoms with E-state index in [9.17, 15) is 9.59 Å². The second-order valence-electron chi connectivity index (χ2n) is 8.74. The molecule has 3 rings (SSSR count). The number of nitrogens with zero attached hydrogens (tertiary/aromatic N) is 3. The van der Waals surface area contributed by atoms with Gasteiger partial charge >= 0.3 is 0 Å². The van der Waals surface area contributed by atoms with Crippen LogP contribution >= 0.6 is 11.8 Å². The predicted octanol–water partition coefficient (Wildman–Crippen LogP) is 4.32. The van der Waals surface area contributed by atoms with Gasteiger partial charge in [-0.3, -0.25) is 9.59 Å². The fraction of sp³-hybridized carbons (Fsp3) is 0.333.